The van der Waals surface area contributed by atoms with Crippen molar-refractivity contribution in [1.82, 2.24) is 0 Å². The molecule has 0 N–H and O–H groups in total. The quantitative estimate of drug-likeness (QED) is 0.128. The van der Waals surface area contributed by atoms with Crippen molar-refractivity contribution in [2.75, 3.05) is 0 Å². The third-order valence-corrected chi connectivity index (χ3v) is 21.3. The van der Waals surface area contributed by atoms with Crippen molar-refractivity contribution in [3.63, 3.8) is 0 Å². The Hall–Kier alpha value is -3.87. The summed E-state index contributed by atoms with van der Waals surface area (Å²) in [6.45, 7) is 23.9. The topological polar surface area (TPSA) is 0 Å². The largest absolute Gasteiger partial charge is 0.147 e. The molecule has 62 heavy (non-hydrogen) atoms. The molecule has 6 aromatic carbocycles. The van der Waals surface area contributed by atoms with Crippen LogP contribution in [-0.2, 0) is 44.9 Å². The standard InChI is InChI=1S/C39H45.C15H14.C5H5.2ClH.Zr/c1-24(2)28-15-11-13-17-30(28)34-20-26-19-27-21-35(31-18-14-12-16-29(31)25(3)4)37(39(8,9)10)23-33(27)32(26)22-36(34)38(5,6)7;1-3-8-14(9-4-1)12-7-13-15-10-5-2-6-11-15;1-2-4-5-3-1;;;/h11-25H,1-10H3;1-6,8-11H,12-13H2;1-3H,4H2;2*1H;. The Labute approximate surface area is 394 Å². The van der Waals surface area contributed by atoms with Gasteiger partial charge in [0.1, 0.15) is 0 Å². The number of rotatable bonds is 10. The zero-order valence-electron chi connectivity index (χ0n) is 38.6. The first-order chi connectivity index (χ1) is 28.7. The third-order valence-electron chi connectivity index (χ3n) is 13.0. The number of benzene rings is 6. The first-order valence-electron chi connectivity index (χ1n) is 22.4. The predicted molar refractivity (Wildman–Crippen MR) is 272 cm³/mol. The molecule has 3 heteroatoms. The maximum atomic E-state index is 2.71. The fourth-order valence-electron chi connectivity index (χ4n) is 10.0. The maximum absolute atomic E-state index is 2.86. The van der Waals surface area contributed by atoms with Gasteiger partial charge in [-0.05, 0) is 0 Å². The van der Waals surface area contributed by atoms with Crippen LogP contribution in [0.1, 0.15) is 136 Å². The zero-order chi connectivity index (χ0) is 42.3. The Bertz CT molecular complexity index is 2470. The van der Waals surface area contributed by atoms with Crippen LogP contribution in [0.25, 0.3) is 33.4 Å². The van der Waals surface area contributed by atoms with Gasteiger partial charge in [-0.15, -0.1) is 24.8 Å². The van der Waals surface area contributed by atoms with E-state index in [-0.39, 0.29) is 35.6 Å². The number of halogens is 2. The molecular formula is C59H66Cl2Zr. The van der Waals surface area contributed by atoms with E-state index in [2.05, 4.69) is 221 Å². The molecule has 320 valence electrons. The van der Waals surface area contributed by atoms with E-state index in [4.69, 9.17) is 0 Å². The molecule has 6 aromatic rings. The predicted octanol–water partition coefficient (Wildman–Crippen LogP) is 16.9. The summed E-state index contributed by atoms with van der Waals surface area (Å²) in [6.07, 6.45) is 10.4. The summed E-state index contributed by atoms with van der Waals surface area (Å²) in [5, 5.41) is 0. The van der Waals surface area contributed by atoms with Gasteiger partial charge in [-0.3, -0.25) is 0 Å². The Morgan fingerprint density at radius 1 is 0.516 bits per heavy atom. The molecule has 8 rings (SSSR count). The van der Waals surface area contributed by atoms with E-state index in [1.807, 2.05) is 0 Å². The Balaban J connectivity index is 0.00000321. The van der Waals surface area contributed by atoms with Crippen molar-refractivity contribution in [2.24, 2.45) is 0 Å². The Kier molecular flexibility index (Phi) is 15.0. The molecule has 0 fully saturated rings. The van der Waals surface area contributed by atoms with Crippen LogP contribution < -0.4 is 0 Å². The molecule has 0 atom stereocenters. The second kappa shape index (κ2) is 19.5. The molecule has 0 aromatic heterocycles. The SMILES string of the molecule is CC(C)c1ccccc1-c1cc2c(cc1C(C)(C)C)-c1cc(C(C)(C)C)c(-c3ccccc3C(C)C)cc1[CH]2[Zr]([C]1=CC=CC1)=[C](Cc1ccccc1)Cc1ccccc1.Cl.Cl. The third kappa shape index (κ3) is 9.63. The van der Waals surface area contributed by atoms with E-state index in [1.54, 1.807) is 17.6 Å². The summed E-state index contributed by atoms with van der Waals surface area (Å²) in [7, 11) is 0. The summed E-state index contributed by atoms with van der Waals surface area (Å²) in [6, 6.07) is 51.9. The van der Waals surface area contributed by atoms with Crippen molar-refractivity contribution in [1.29, 1.82) is 0 Å². The van der Waals surface area contributed by atoms with Crippen molar-refractivity contribution in [2.45, 2.75) is 115 Å². The molecule has 0 aliphatic heterocycles. The monoisotopic (exact) mass is 934 g/mol. The minimum absolute atomic E-state index is 0. The van der Waals surface area contributed by atoms with Gasteiger partial charge >= 0.3 is 372 Å². The molecule has 0 saturated heterocycles. The molecule has 2 aliphatic rings. The molecule has 0 unspecified atom stereocenters. The van der Waals surface area contributed by atoms with E-state index in [0.717, 1.165) is 19.3 Å². The van der Waals surface area contributed by atoms with Crippen molar-refractivity contribution < 1.29 is 21.3 Å². The summed E-state index contributed by atoms with van der Waals surface area (Å²) in [5.41, 5.74) is 20.1. The van der Waals surface area contributed by atoms with Gasteiger partial charge in [0.2, 0.25) is 0 Å². The molecular weight excluding hydrogens is 871 g/mol. The first kappa shape index (κ1) is 47.6. The van der Waals surface area contributed by atoms with E-state index < -0.39 is 21.3 Å². The molecule has 0 radical (unpaired) electrons. The summed E-state index contributed by atoms with van der Waals surface area (Å²) in [5.74, 6) is 0.844. The van der Waals surface area contributed by atoms with Gasteiger partial charge in [0.15, 0.2) is 0 Å². The molecule has 0 saturated carbocycles. The van der Waals surface area contributed by atoms with Crippen LogP contribution >= 0.6 is 24.8 Å². The molecule has 0 heterocycles. The van der Waals surface area contributed by atoms with Gasteiger partial charge < -0.3 is 0 Å². The van der Waals surface area contributed by atoms with Crippen LogP contribution in [0.15, 0.2) is 155 Å². The molecule has 0 bridgehead atoms. The van der Waals surface area contributed by atoms with Gasteiger partial charge in [0.25, 0.3) is 0 Å². The van der Waals surface area contributed by atoms with Crippen LogP contribution in [0.4, 0.5) is 0 Å². The summed E-state index contributed by atoms with van der Waals surface area (Å²) in [4.78, 5) is 0. The van der Waals surface area contributed by atoms with Gasteiger partial charge in [-0.1, -0.05) is 0 Å². The number of hydrogen-bond donors (Lipinski definition) is 0. The maximum Gasteiger partial charge on any atom is -0.147 e. The zero-order valence-corrected chi connectivity index (χ0v) is 42.7. The van der Waals surface area contributed by atoms with Crippen LogP contribution in [0.2, 0.25) is 0 Å². The first-order valence-corrected chi connectivity index (χ1v) is 26.3. The second-order valence-corrected chi connectivity index (χ2v) is 26.8. The normalized spacial score (nSPS) is 13.4. The van der Waals surface area contributed by atoms with Gasteiger partial charge in [-0.2, -0.15) is 0 Å². The molecule has 0 spiro atoms. The van der Waals surface area contributed by atoms with Crippen molar-refractivity contribution in [3.8, 4) is 33.4 Å². The molecule has 2 aliphatic carbocycles. The van der Waals surface area contributed by atoms with Crippen molar-refractivity contribution >= 4 is 28.0 Å². The smallest absolute Gasteiger partial charge is 0.147 e. The number of hydrogen-bond acceptors (Lipinski definition) is 0. The minimum atomic E-state index is -2.86. The Morgan fingerprint density at radius 3 is 1.29 bits per heavy atom. The van der Waals surface area contributed by atoms with Gasteiger partial charge in [0, 0.05) is 0 Å². The molecule has 0 amide bonds. The van der Waals surface area contributed by atoms with Crippen LogP contribution in [0.3, 0.4) is 0 Å². The fraction of sp³-hybridized carbons (Fsp3) is 0.305. The van der Waals surface area contributed by atoms with Gasteiger partial charge in [0.05, 0.1) is 0 Å². The van der Waals surface area contributed by atoms with E-state index in [1.165, 1.54) is 66.8 Å². The fourth-order valence-corrected chi connectivity index (χ4v) is 19.2. The minimum Gasteiger partial charge on any atom is -0.147 e. The Morgan fingerprint density at radius 2 is 0.919 bits per heavy atom. The van der Waals surface area contributed by atoms with Crippen molar-refractivity contribution in [3.05, 3.63) is 199 Å². The van der Waals surface area contributed by atoms with E-state index in [9.17, 15) is 0 Å². The van der Waals surface area contributed by atoms with Crippen LogP contribution in [-0.4, -0.2) is 3.21 Å². The molecule has 0 nitrogen and oxygen atoms in total. The second-order valence-electron chi connectivity index (χ2n) is 20.1. The van der Waals surface area contributed by atoms with Crippen LogP contribution in [0.5, 0.6) is 0 Å². The summed E-state index contributed by atoms with van der Waals surface area (Å²) < 4.78 is 3.83. The van der Waals surface area contributed by atoms with E-state index in [0.29, 0.717) is 15.5 Å². The van der Waals surface area contributed by atoms with Gasteiger partial charge in [-0.25, -0.2) is 0 Å². The summed E-state index contributed by atoms with van der Waals surface area (Å²) >= 11 is -2.86. The van der Waals surface area contributed by atoms with Crippen LogP contribution in [0, 0.1) is 0 Å². The average molecular weight is 937 g/mol. The number of fused-ring (bicyclic) bond motifs is 3. The average Bonchev–Trinajstić information content (AvgIpc) is 3.87. The van der Waals surface area contributed by atoms with E-state index >= 15 is 0 Å². The number of allylic oxidation sites excluding steroid dienone is 4.